The molecule has 8 nitrogen and oxygen atoms in total. The lowest BCUT2D eigenvalue weighted by Crippen LogP contribution is -2.55. The van der Waals surface area contributed by atoms with Crippen molar-refractivity contribution in [1.29, 1.82) is 0 Å². The van der Waals surface area contributed by atoms with Crippen molar-refractivity contribution < 1.29 is 23.4 Å². The molecule has 4 aromatic rings. The van der Waals surface area contributed by atoms with E-state index in [4.69, 9.17) is 19.2 Å². The van der Waals surface area contributed by atoms with Crippen LogP contribution in [0.2, 0.25) is 0 Å². The molecule has 2 aromatic carbocycles. The van der Waals surface area contributed by atoms with Crippen molar-refractivity contribution >= 4 is 5.91 Å². The minimum atomic E-state index is -1.64. The second-order valence-corrected chi connectivity index (χ2v) is 8.92. The smallest absolute Gasteiger partial charge is 0.314 e. The molecule has 1 aliphatic rings. The van der Waals surface area contributed by atoms with Gasteiger partial charge in [-0.2, -0.15) is 0 Å². The van der Waals surface area contributed by atoms with Crippen LogP contribution in [0.5, 0.6) is 0 Å². The number of carbonyl (C=O) groups is 1. The fourth-order valence-electron chi connectivity index (χ4n) is 4.01. The average Bonchev–Trinajstić information content (AvgIpc) is 3.38. The van der Waals surface area contributed by atoms with Crippen LogP contribution in [0.1, 0.15) is 18.3 Å². The van der Waals surface area contributed by atoms with Crippen molar-refractivity contribution in [3.8, 4) is 22.5 Å². The van der Waals surface area contributed by atoms with Crippen LogP contribution >= 0.6 is 0 Å². The monoisotopic (exact) mass is 502 g/mol. The van der Waals surface area contributed by atoms with E-state index in [1.807, 2.05) is 49.4 Å². The molecule has 1 saturated heterocycles. The summed E-state index contributed by atoms with van der Waals surface area (Å²) in [6.45, 7) is 2.79. The number of aromatic amines is 1. The zero-order valence-electron chi connectivity index (χ0n) is 20.3. The maximum absolute atomic E-state index is 13.6. The maximum Gasteiger partial charge on any atom is 0.314 e. The first-order valence-electron chi connectivity index (χ1n) is 12.0. The van der Waals surface area contributed by atoms with Gasteiger partial charge in [-0.15, -0.1) is 0 Å². The third-order valence-electron chi connectivity index (χ3n) is 5.89. The number of amides is 1. The van der Waals surface area contributed by atoms with Crippen molar-refractivity contribution in [1.82, 2.24) is 20.3 Å². The van der Waals surface area contributed by atoms with E-state index in [0.717, 1.165) is 11.1 Å². The quantitative estimate of drug-likeness (QED) is 0.371. The number of hydrogen-bond donors (Lipinski definition) is 2. The number of ether oxygens (including phenoxy) is 3. The number of H-pyrrole nitrogens is 1. The number of halogens is 1. The van der Waals surface area contributed by atoms with Crippen LogP contribution in [0.15, 0.2) is 79.1 Å². The molecule has 37 heavy (non-hydrogen) atoms. The lowest BCUT2D eigenvalue weighted by Gasteiger charge is -2.37. The molecule has 1 aliphatic heterocycles. The third-order valence-corrected chi connectivity index (χ3v) is 5.89. The highest BCUT2D eigenvalue weighted by atomic mass is 19.1. The number of pyridine rings is 1. The van der Waals surface area contributed by atoms with Crippen LogP contribution in [-0.2, 0) is 31.5 Å². The Morgan fingerprint density at radius 1 is 1.05 bits per heavy atom. The molecule has 3 heterocycles. The van der Waals surface area contributed by atoms with Gasteiger partial charge in [0.25, 0.3) is 0 Å². The first kappa shape index (κ1) is 24.8. The summed E-state index contributed by atoms with van der Waals surface area (Å²) in [5, 5.41) is 2.83. The SMILES string of the molecule is CC1COC(NC(=O)COCc2ccccc2)(c2nc(-c3ccc(F)cc3)c(-c3ccncc3)[nH]2)OC1. The summed E-state index contributed by atoms with van der Waals surface area (Å²) in [6, 6.07) is 19.3. The van der Waals surface area contributed by atoms with Crippen molar-refractivity contribution in [2.75, 3.05) is 19.8 Å². The summed E-state index contributed by atoms with van der Waals surface area (Å²) in [4.78, 5) is 25.1. The fraction of sp³-hybridized carbons (Fsp3) is 0.250. The van der Waals surface area contributed by atoms with Crippen molar-refractivity contribution in [3.05, 3.63) is 96.3 Å². The Kier molecular flexibility index (Phi) is 7.36. The summed E-state index contributed by atoms with van der Waals surface area (Å²) < 4.78 is 31.4. The molecule has 2 N–H and O–H groups in total. The van der Waals surface area contributed by atoms with E-state index in [0.29, 0.717) is 36.8 Å². The second kappa shape index (κ2) is 11.0. The van der Waals surface area contributed by atoms with E-state index in [2.05, 4.69) is 15.3 Å². The topological polar surface area (TPSA) is 98.4 Å². The van der Waals surface area contributed by atoms with E-state index < -0.39 is 11.8 Å². The van der Waals surface area contributed by atoms with Gasteiger partial charge in [-0.05, 0) is 42.0 Å². The summed E-state index contributed by atoms with van der Waals surface area (Å²) in [6.07, 6.45) is 3.34. The molecule has 0 aliphatic carbocycles. The number of nitrogens with zero attached hydrogens (tertiary/aromatic N) is 2. The number of hydrogen-bond acceptors (Lipinski definition) is 6. The minimum absolute atomic E-state index is 0.130. The van der Waals surface area contributed by atoms with E-state index in [1.54, 1.807) is 24.5 Å². The second-order valence-electron chi connectivity index (χ2n) is 8.92. The first-order valence-corrected chi connectivity index (χ1v) is 12.0. The molecule has 1 amide bonds. The van der Waals surface area contributed by atoms with Gasteiger partial charge >= 0.3 is 5.91 Å². The zero-order chi connectivity index (χ0) is 25.7. The molecule has 1 fully saturated rings. The van der Waals surface area contributed by atoms with Crippen LogP contribution in [0.3, 0.4) is 0 Å². The highest BCUT2D eigenvalue weighted by molar-refractivity contribution is 5.79. The number of rotatable bonds is 8. The number of imidazole rings is 1. The minimum Gasteiger partial charge on any atom is -0.367 e. The summed E-state index contributed by atoms with van der Waals surface area (Å²) in [7, 11) is 0. The Labute approximate surface area is 213 Å². The molecule has 0 spiro atoms. The lowest BCUT2D eigenvalue weighted by molar-refractivity contribution is -0.308. The van der Waals surface area contributed by atoms with Gasteiger partial charge in [0, 0.05) is 29.4 Å². The Morgan fingerprint density at radius 3 is 2.46 bits per heavy atom. The van der Waals surface area contributed by atoms with Crippen LogP contribution in [0.25, 0.3) is 22.5 Å². The Bertz CT molecular complexity index is 1320. The first-order chi connectivity index (χ1) is 18.0. The molecule has 0 bridgehead atoms. The molecule has 190 valence electrons. The number of carbonyl (C=O) groups excluding carboxylic acids is 1. The van der Waals surface area contributed by atoms with E-state index >= 15 is 0 Å². The van der Waals surface area contributed by atoms with E-state index in [9.17, 15) is 9.18 Å². The van der Waals surface area contributed by atoms with Crippen LogP contribution in [-0.4, -0.2) is 40.7 Å². The van der Waals surface area contributed by atoms with Gasteiger partial charge in [-0.3, -0.25) is 15.1 Å². The summed E-state index contributed by atoms with van der Waals surface area (Å²) in [5.41, 5.74) is 3.67. The van der Waals surface area contributed by atoms with E-state index in [-0.39, 0.29) is 24.2 Å². The Balaban J connectivity index is 1.45. The molecule has 0 radical (unpaired) electrons. The Hall–Kier alpha value is -3.92. The molecule has 0 unspecified atom stereocenters. The molecule has 9 heteroatoms. The molecule has 0 saturated carbocycles. The molecular formula is C28H27FN4O4. The predicted molar refractivity (Wildman–Crippen MR) is 134 cm³/mol. The zero-order valence-corrected chi connectivity index (χ0v) is 20.3. The molecule has 5 rings (SSSR count). The highest BCUT2D eigenvalue weighted by Crippen LogP contribution is 2.35. The van der Waals surface area contributed by atoms with Gasteiger partial charge in [0.05, 0.1) is 31.2 Å². The van der Waals surface area contributed by atoms with Crippen molar-refractivity contribution in [3.63, 3.8) is 0 Å². The Morgan fingerprint density at radius 2 is 1.76 bits per heavy atom. The third kappa shape index (κ3) is 5.75. The number of benzene rings is 2. The normalized spacial score (nSPS) is 19.5. The summed E-state index contributed by atoms with van der Waals surface area (Å²) in [5.74, 6) is -2.01. The summed E-state index contributed by atoms with van der Waals surface area (Å²) >= 11 is 0. The fourth-order valence-corrected chi connectivity index (χ4v) is 4.01. The van der Waals surface area contributed by atoms with Gasteiger partial charge in [-0.1, -0.05) is 37.3 Å². The van der Waals surface area contributed by atoms with Gasteiger partial charge in [-0.25, -0.2) is 9.37 Å². The van der Waals surface area contributed by atoms with Gasteiger partial charge in [0.15, 0.2) is 5.82 Å². The van der Waals surface area contributed by atoms with Crippen LogP contribution < -0.4 is 5.32 Å². The van der Waals surface area contributed by atoms with Gasteiger partial charge in [0.1, 0.15) is 12.4 Å². The predicted octanol–water partition coefficient (Wildman–Crippen LogP) is 4.40. The van der Waals surface area contributed by atoms with E-state index in [1.165, 1.54) is 12.1 Å². The molecule has 2 aromatic heterocycles. The average molecular weight is 503 g/mol. The maximum atomic E-state index is 13.6. The largest absolute Gasteiger partial charge is 0.367 e. The van der Waals surface area contributed by atoms with Gasteiger partial charge in [0.2, 0.25) is 5.91 Å². The number of nitrogens with one attached hydrogen (secondary N) is 2. The van der Waals surface area contributed by atoms with Gasteiger partial charge < -0.3 is 19.2 Å². The number of aromatic nitrogens is 3. The van der Waals surface area contributed by atoms with Crippen molar-refractivity contribution in [2.24, 2.45) is 5.92 Å². The van der Waals surface area contributed by atoms with Crippen LogP contribution in [0, 0.1) is 11.7 Å². The lowest BCUT2D eigenvalue weighted by atomic mass is 10.1. The van der Waals surface area contributed by atoms with Crippen molar-refractivity contribution in [2.45, 2.75) is 19.4 Å². The molecule has 0 atom stereocenters. The standard InChI is InChI=1S/C28H27FN4O4/c1-19-15-36-28(37-16-19,33-24(34)18-35-17-20-5-3-2-4-6-20)27-31-25(21-7-9-23(29)10-8-21)26(32-27)22-11-13-30-14-12-22/h2-14,19H,15-18H2,1H3,(H,31,32)(H,33,34). The van der Waals surface area contributed by atoms with Crippen LogP contribution in [0.4, 0.5) is 4.39 Å². The highest BCUT2D eigenvalue weighted by Gasteiger charge is 2.44. The molecular weight excluding hydrogens is 475 g/mol.